The number of halogens is 1. The van der Waals surface area contributed by atoms with Gasteiger partial charge < -0.3 is 15.1 Å². The zero-order valence-corrected chi connectivity index (χ0v) is 19.1. The lowest BCUT2D eigenvalue weighted by Gasteiger charge is -2.29. The molecular weight excluding hydrogens is 440 g/mol. The molecule has 2 fully saturated rings. The molecule has 0 spiro atoms. The van der Waals surface area contributed by atoms with Crippen LogP contribution < -0.4 is 5.32 Å². The first-order valence-electron chi connectivity index (χ1n) is 9.99. The maximum Gasteiger partial charge on any atom is 0.294 e. The van der Waals surface area contributed by atoms with E-state index in [0.29, 0.717) is 54.5 Å². The maximum atomic E-state index is 12.8. The summed E-state index contributed by atoms with van der Waals surface area (Å²) in [5, 5.41) is 2.67. The van der Waals surface area contributed by atoms with E-state index in [2.05, 4.69) is 5.32 Å². The molecule has 2 aliphatic rings. The van der Waals surface area contributed by atoms with Crippen molar-refractivity contribution >= 4 is 46.3 Å². The number of likely N-dealkylation sites (N-methyl/N-ethyl adjacent to an activating group) is 1. The summed E-state index contributed by atoms with van der Waals surface area (Å²) in [6, 6.07) is 6.90. The fourth-order valence-electron chi connectivity index (χ4n) is 3.38. The molecule has 0 unspecified atom stereocenters. The highest BCUT2D eigenvalue weighted by molar-refractivity contribution is 8.18. The summed E-state index contributed by atoms with van der Waals surface area (Å²) in [6.07, 6.45) is 1.00. The Morgan fingerprint density at radius 3 is 2.48 bits per heavy atom. The third-order valence-corrected chi connectivity index (χ3v) is 6.50. The lowest BCUT2D eigenvalue weighted by molar-refractivity contribution is -0.129. The van der Waals surface area contributed by atoms with Crippen LogP contribution in [-0.4, -0.2) is 84.5 Å². The zero-order chi connectivity index (χ0) is 22.5. The van der Waals surface area contributed by atoms with Gasteiger partial charge in [-0.3, -0.25) is 24.1 Å². The zero-order valence-electron chi connectivity index (χ0n) is 17.5. The first kappa shape index (κ1) is 23.3. The van der Waals surface area contributed by atoms with Crippen LogP contribution in [-0.2, 0) is 9.59 Å². The van der Waals surface area contributed by atoms with Crippen LogP contribution in [0.1, 0.15) is 23.2 Å². The van der Waals surface area contributed by atoms with Crippen molar-refractivity contribution in [3.05, 3.63) is 45.3 Å². The Bertz CT molecular complexity index is 924. The minimum absolute atomic E-state index is 0.146. The number of benzene rings is 1. The molecule has 10 heteroatoms. The smallest absolute Gasteiger partial charge is 0.294 e. The number of carbonyl (C=O) groups excluding carboxylic acids is 4. The van der Waals surface area contributed by atoms with Crippen LogP contribution in [0, 0.1) is 0 Å². The highest BCUT2D eigenvalue weighted by atomic mass is 35.5. The summed E-state index contributed by atoms with van der Waals surface area (Å²) in [5.74, 6) is -0.943. The van der Waals surface area contributed by atoms with Crippen LogP contribution in [0.4, 0.5) is 4.79 Å². The van der Waals surface area contributed by atoms with Crippen LogP contribution in [0.5, 0.6) is 0 Å². The van der Waals surface area contributed by atoms with Gasteiger partial charge >= 0.3 is 0 Å². The van der Waals surface area contributed by atoms with E-state index in [9.17, 15) is 19.2 Å². The van der Waals surface area contributed by atoms with Crippen molar-refractivity contribution in [2.75, 3.05) is 46.8 Å². The predicted molar refractivity (Wildman–Crippen MR) is 120 cm³/mol. The van der Waals surface area contributed by atoms with E-state index in [1.165, 1.54) is 0 Å². The standard InChI is InChI=1S/C21H25ClN4O4S/c1-24(2)12-9-23-17(27)13-26-20(29)18(31-21(26)30)14-7-10-25(11-8-14)19(28)15-5-3-4-6-16(15)22/h3-6H,7-13H2,1-2H3,(H,23,27). The molecule has 0 atom stereocenters. The quantitative estimate of drug-likeness (QED) is 0.649. The van der Waals surface area contributed by atoms with Crippen LogP contribution in [0.2, 0.25) is 5.02 Å². The Morgan fingerprint density at radius 2 is 1.84 bits per heavy atom. The van der Waals surface area contributed by atoms with E-state index in [-0.39, 0.29) is 18.4 Å². The van der Waals surface area contributed by atoms with Gasteiger partial charge in [-0.15, -0.1) is 0 Å². The summed E-state index contributed by atoms with van der Waals surface area (Å²) in [6.45, 7) is 1.71. The number of thioether (sulfide) groups is 1. The summed E-state index contributed by atoms with van der Waals surface area (Å²) >= 11 is 7.00. The van der Waals surface area contributed by atoms with Crippen LogP contribution in [0.15, 0.2) is 34.7 Å². The number of rotatable bonds is 6. The number of nitrogens with one attached hydrogen (secondary N) is 1. The lowest BCUT2D eigenvalue weighted by Crippen LogP contribution is -2.41. The number of hydrogen-bond acceptors (Lipinski definition) is 6. The molecule has 1 aromatic carbocycles. The second-order valence-corrected chi connectivity index (χ2v) is 8.99. The van der Waals surface area contributed by atoms with Gasteiger partial charge in [0.25, 0.3) is 17.1 Å². The van der Waals surface area contributed by atoms with Gasteiger partial charge in [-0.2, -0.15) is 0 Å². The third kappa shape index (κ3) is 5.66. The van der Waals surface area contributed by atoms with E-state index < -0.39 is 11.1 Å². The SMILES string of the molecule is CN(C)CCNC(=O)CN1C(=O)SC(=C2CCN(C(=O)c3ccccc3Cl)CC2)C1=O. The molecule has 31 heavy (non-hydrogen) atoms. The van der Waals surface area contributed by atoms with Crippen LogP contribution >= 0.6 is 23.4 Å². The molecule has 2 aliphatic heterocycles. The van der Waals surface area contributed by atoms with Crippen molar-refractivity contribution in [1.29, 1.82) is 0 Å². The summed E-state index contributed by atoms with van der Waals surface area (Å²) in [7, 11) is 3.78. The van der Waals surface area contributed by atoms with Crippen molar-refractivity contribution in [1.82, 2.24) is 20.0 Å². The van der Waals surface area contributed by atoms with Gasteiger partial charge in [0.2, 0.25) is 5.91 Å². The second-order valence-electron chi connectivity index (χ2n) is 7.62. The number of likely N-dealkylation sites (tertiary alicyclic amines) is 1. The Balaban J connectivity index is 1.59. The molecule has 0 radical (unpaired) electrons. The highest BCUT2D eigenvalue weighted by Gasteiger charge is 2.38. The van der Waals surface area contributed by atoms with Crippen molar-refractivity contribution in [2.24, 2.45) is 0 Å². The number of carbonyl (C=O) groups is 4. The molecule has 4 amide bonds. The van der Waals surface area contributed by atoms with E-state index >= 15 is 0 Å². The number of imide groups is 1. The largest absolute Gasteiger partial charge is 0.353 e. The molecule has 3 rings (SSSR count). The Kier molecular flexibility index (Phi) is 7.74. The summed E-state index contributed by atoms with van der Waals surface area (Å²) in [4.78, 5) is 54.9. The van der Waals surface area contributed by atoms with Crippen LogP contribution in [0.25, 0.3) is 0 Å². The molecule has 2 saturated heterocycles. The molecule has 0 aliphatic carbocycles. The molecule has 0 saturated carbocycles. The molecular formula is C21H25ClN4O4S. The van der Waals surface area contributed by atoms with Crippen molar-refractivity contribution in [2.45, 2.75) is 12.8 Å². The first-order valence-corrected chi connectivity index (χ1v) is 11.2. The molecule has 166 valence electrons. The summed E-state index contributed by atoms with van der Waals surface area (Å²) in [5.41, 5.74) is 1.30. The van der Waals surface area contributed by atoms with E-state index in [1.54, 1.807) is 29.2 Å². The lowest BCUT2D eigenvalue weighted by atomic mass is 10.0. The van der Waals surface area contributed by atoms with Gasteiger partial charge in [0.05, 0.1) is 15.5 Å². The molecule has 0 aromatic heterocycles. The number of nitrogens with zero attached hydrogens (tertiary/aromatic N) is 3. The van der Waals surface area contributed by atoms with Gasteiger partial charge in [0, 0.05) is 26.2 Å². The van der Waals surface area contributed by atoms with Crippen molar-refractivity contribution in [3.8, 4) is 0 Å². The van der Waals surface area contributed by atoms with Gasteiger partial charge in [0.15, 0.2) is 0 Å². The average Bonchev–Trinajstić information content (AvgIpc) is 3.02. The van der Waals surface area contributed by atoms with Gasteiger partial charge in [-0.05, 0) is 56.4 Å². The molecule has 0 bridgehead atoms. The fraction of sp³-hybridized carbons (Fsp3) is 0.429. The number of hydrogen-bond donors (Lipinski definition) is 1. The number of amides is 4. The minimum atomic E-state index is -0.440. The molecule has 8 nitrogen and oxygen atoms in total. The predicted octanol–water partition coefficient (Wildman–Crippen LogP) is 2.20. The topological polar surface area (TPSA) is 90.0 Å². The second kappa shape index (κ2) is 10.3. The van der Waals surface area contributed by atoms with E-state index in [0.717, 1.165) is 22.2 Å². The third-order valence-electron chi connectivity index (χ3n) is 5.11. The van der Waals surface area contributed by atoms with Crippen molar-refractivity contribution in [3.63, 3.8) is 0 Å². The van der Waals surface area contributed by atoms with Crippen LogP contribution in [0.3, 0.4) is 0 Å². The first-order chi connectivity index (χ1) is 14.8. The number of piperidine rings is 1. The monoisotopic (exact) mass is 464 g/mol. The molecule has 1 N–H and O–H groups in total. The minimum Gasteiger partial charge on any atom is -0.353 e. The maximum absolute atomic E-state index is 12.8. The van der Waals surface area contributed by atoms with Crippen molar-refractivity contribution < 1.29 is 19.2 Å². The Labute approximate surface area is 190 Å². The molecule has 1 aromatic rings. The normalized spacial score (nSPS) is 17.0. The van der Waals surface area contributed by atoms with Gasteiger partial charge in [-0.1, -0.05) is 23.7 Å². The summed E-state index contributed by atoms with van der Waals surface area (Å²) < 4.78 is 0. The average molecular weight is 465 g/mol. The fourth-order valence-corrected chi connectivity index (χ4v) is 4.58. The van der Waals surface area contributed by atoms with E-state index in [4.69, 9.17) is 11.6 Å². The Hall–Kier alpha value is -2.36. The highest BCUT2D eigenvalue weighted by Crippen LogP contribution is 2.36. The van der Waals surface area contributed by atoms with E-state index in [1.807, 2.05) is 19.0 Å². The van der Waals surface area contributed by atoms with Gasteiger partial charge in [0.1, 0.15) is 6.54 Å². The molecule has 2 heterocycles. The Morgan fingerprint density at radius 1 is 1.16 bits per heavy atom. The van der Waals surface area contributed by atoms with Gasteiger partial charge in [-0.25, -0.2) is 0 Å².